The lowest BCUT2D eigenvalue weighted by Gasteiger charge is -2.20. The van der Waals surface area contributed by atoms with Crippen molar-refractivity contribution in [3.05, 3.63) is 60.0 Å². The number of nitrogens with zero attached hydrogens (tertiary/aromatic N) is 2. The molecule has 0 atom stereocenters. The standard InChI is InChI=1S/C18H16FN3O3/c1-2-22(13-9-7-12(19)8-10-13)16(23)11-25-18(24)17-14-5-3-4-6-15(14)20-21-17/h3-10H,2,11H2,1H3,(H,20,21). The van der Waals surface area contributed by atoms with Crippen LogP contribution in [0.1, 0.15) is 17.4 Å². The summed E-state index contributed by atoms with van der Waals surface area (Å²) in [5, 5.41) is 7.31. The number of fused-ring (bicyclic) bond motifs is 1. The first-order valence-electron chi connectivity index (χ1n) is 7.76. The Hall–Kier alpha value is -3.22. The molecule has 3 aromatic rings. The molecule has 25 heavy (non-hydrogen) atoms. The maximum Gasteiger partial charge on any atom is 0.359 e. The lowest BCUT2D eigenvalue weighted by Crippen LogP contribution is -2.34. The van der Waals surface area contributed by atoms with E-state index in [2.05, 4.69) is 10.2 Å². The summed E-state index contributed by atoms with van der Waals surface area (Å²) in [4.78, 5) is 25.9. The van der Waals surface area contributed by atoms with Gasteiger partial charge in [0.2, 0.25) is 0 Å². The van der Waals surface area contributed by atoms with Gasteiger partial charge >= 0.3 is 5.97 Å². The van der Waals surface area contributed by atoms with E-state index in [1.165, 1.54) is 29.2 Å². The fraction of sp³-hybridized carbons (Fsp3) is 0.167. The second-order valence-electron chi connectivity index (χ2n) is 5.31. The smallest absolute Gasteiger partial charge is 0.359 e. The van der Waals surface area contributed by atoms with Crippen LogP contribution in [-0.4, -0.2) is 35.2 Å². The van der Waals surface area contributed by atoms with Gasteiger partial charge in [0.15, 0.2) is 12.3 Å². The minimum absolute atomic E-state index is 0.133. The molecule has 128 valence electrons. The molecule has 1 aromatic heterocycles. The molecule has 1 N–H and O–H groups in total. The fourth-order valence-corrected chi connectivity index (χ4v) is 2.52. The average Bonchev–Trinajstić information content (AvgIpc) is 3.06. The molecule has 0 saturated carbocycles. The quantitative estimate of drug-likeness (QED) is 0.724. The summed E-state index contributed by atoms with van der Waals surface area (Å²) in [6.45, 7) is 1.73. The van der Waals surface area contributed by atoms with Crippen molar-refractivity contribution in [1.82, 2.24) is 10.2 Å². The number of aromatic amines is 1. The molecular weight excluding hydrogens is 325 g/mol. The first-order valence-corrected chi connectivity index (χ1v) is 7.76. The number of carbonyl (C=O) groups is 2. The van der Waals surface area contributed by atoms with E-state index in [1.54, 1.807) is 25.1 Å². The number of hydrogen-bond acceptors (Lipinski definition) is 4. The number of para-hydroxylation sites is 1. The van der Waals surface area contributed by atoms with Crippen LogP contribution in [-0.2, 0) is 9.53 Å². The first kappa shape index (κ1) is 16.6. The minimum Gasteiger partial charge on any atom is -0.451 e. The van der Waals surface area contributed by atoms with Gasteiger partial charge in [-0.3, -0.25) is 9.89 Å². The third-order valence-electron chi connectivity index (χ3n) is 3.75. The molecule has 1 amide bonds. The number of benzene rings is 2. The molecule has 0 unspecified atom stereocenters. The van der Waals surface area contributed by atoms with Crippen LogP contribution in [0.3, 0.4) is 0 Å². The summed E-state index contributed by atoms with van der Waals surface area (Å²) in [6, 6.07) is 12.7. The van der Waals surface area contributed by atoms with Gasteiger partial charge in [-0.15, -0.1) is 0 Å². The number of nitrogens with one attached hydrogen (secondary N) is 1. The first-order chi connectivity index (χ1) is 12.1. The van der Waals surface area contributed by atoms with Crippen LogP contribution in [0.25, 0.3) is 10.9 Å². The van der Waals surface area contributed by atoms with Gasteiger partial charge in [0.25, 0.3) is 5.91 Å². The van der Waals surface area contributed by atoms with Crippen molar-refractivity contribution in [2.75, 3.05) is 18.1 Å². The zero-order valence-corrected chi connectivity index (χ0v) is 13.5. The van der Waals surface area contributed by atoms with Crippen LogP contribution in [0.15, 0.2) is 48.5 Å². The van der Waals surface area contributed by atoms with E-state index in [1.807, 2.05) is 6.07 Å². The molecular formula is C18H16FN3O3. The van der Waals surface area contributed by atoms with E-state index in [0.717, 1.165) is 0 Å². The number of ether oxygens (including phenoxy) is 1. The maximum absolute atomic E-state index is 13.0. The molecule has 1 heterocycles. The number of likely N-dealkylation sites (N-methyl/N-ethyl adjacent to an activating group) is 1. The van der Waals surface area contributed by atoms with Gasteiger partial charge in [-0.2, -0.15) is 5.10 Å². The predicted octanol–water partition coefficient (Wildman–Crippen LogP) is 2.91. The van der Waals surface area contributed by atoms with Crippen LogP contribution >= 0.6 is 0 Å². The van der Waals surface area contributed by atoms with Crippen LogP contribution in [0.2, 0.25) is 0 Å². The normalized spacial score (nSPS) is 10.6. The van der Waals surface area contributed by atoms with E-state index in [9.17, 15) is 14.0 Å². The van der Waals surface area contributed by atoms with Crippen molar-refractivity contribution in [3.63, 3.8) is 0 Å². The Labute approximate surface area is 143 Å². The fourth-order valence-electron chi connectivity index (χ4n) is 2.52. The summed E-state index contributed by atoms with van der Waals surface area (Å²) in [5.41, 5.74) is 1.38. The third kappa shape index (κ3) is 3.50. The number of anilines is 1. The van der Waals surface area contributed by atoms with Gasteiger partial charge < -0.3 is 9.64 Å². The topological polar surface area (TPSA) is 75.3 Å². The molecule has 0 fully saturated rings. The van der Waals surface area contributed by atoms with Crippen LogP contribution < -0.4 is 4.90 Å². The molecule has 0 aliphatic heterocycles. The van der Waals surface area contributed by atoms with E-state index in [-0.39, 0.29) is 11.5 Å². The number of halogens is 1. The molecule has 0 spiro atoms. The van der Waals surface area contributed by atoms with Crippen LogP contribution in [0.5, 0.6) is 0 Å². The molecule has 0 bridgehead atoms. The van der Waals surface area contributed by atoms with E-state index in [0.29, 0.717) is 23.1 Å². The predicted molar refractivity (Wildman–Crippen MR) is 90.8 cm³/mol. The second kappa shape index (κ2) is 7.12. The molecule has 0 saturated heterocycles. The summed E-state index contributed by atoms with van der Waals surface area (Å²) in [6.07, 6.45) is 0. The lowest BCUT2D eigenvalue weighted by atomic mass is 10.2. The lowest BCUT2D eigenvalue weighted by molar-refractivity contribution is -0.121. The Kier molecular flexibility index (Phi) is 4.74. The summed E-state index contributed by atoms with van der Waals surface area (Å²) >= 11 is 0. The summed E-state index contributed by atoms with van der Waals surface area (Å²) in [7, 11) is 0. The van der Waals surface area contributed by atoms with E-state index in [4.69, 9.17) is 4.74 Å². The Morgan fingerprint density at radius 3 is 2.60 bits per heavy atom. The molecule has 3 rings (SSSR count). The number of H-pyrrole nitrogens is 1. The van der Waals surface area contributed by atoms with Crippen molar-refractivity contribution < 1.29 is 18.7 Å². The number of rotatable bonds is 5. The highest BCUT2D eigenvalue weighted by atomic mass is 19.1. The van der Waals surface area contributed by atoms with Gasteiger partial charge in [0, 0.05) is 17.6 Å². The van der Waals surface area contributed by atoms with Crippen LogP contribution in [0.4, 0.5) is 10.1 Å². The van der Waals surface area contributed by atoms with Gasteiger partial charge in [-0.25, -0.2) is 9.18 Å². The van der Waals surface area contributed by atoms with Crippen LogP contribution in [0, 0.1) is 5.82 Å². The van der Waals surface area contributed by atoms with Gasteiger partial charge in [-0.05, 0) is 37.3 Å². The second-order valence-corrected chi connectivity index (χ2v) is 5.31. The summed E-state index contributed by atoms with van der Waals surface area (Å²) < 4.78 is 18.1. The molecule has 2 aromatic carbocycles. The van der Waals surface area contributed by atoms with Gasteiger partial charge in [-0.1, -0.05) is 18.2 Å². The monoisotopic (exact) mass is 341 g/mol. The summed E-state index contributed by atoms with van der Waals surface area (Å²) in [5.74, 6) is -1.47. The van der Waals surface area contributed by atoms with Gasteiger partial charge in [0.1, 0.15) is 5.82 Å². The molecule has 0 radical (unpaired) electrons. The van der Waals surface area contributed by atoms with Crippen molar-refractivity contribution in [2.24, 2.45) is 0 Å². The number of aromatic nitrogens is 2. The number of carbonyl (C=O) groups excluding carboxylic acids is 2. The van der Waals surface area contributed by atoms with Crippen molar-refractivity contribution in [2.45, 2.75) is 6.92 Å². The molecule has 0 aliphatic carbocycles. The zero-order chi connectivity index (χ0) is 17.8. The van der Waals surface area contributed by atoms with E-state index < -0.39 is 18.5 Å². The highest BCUT2D eigenvalue weighted by Crippen LogP contribution is 2.17. The third-order valence-corrected chi connectivity index (χ3v) is 3.75. The maximum atomic E-state index is 13.0. The van der Waals surface area contributed by atoms with Crippen molar-refractivity contribution in [3.8, 4) is 0 Å². The van der Waals surface area contributed by atoms with Crippen molar-refractivity contribution >= 4 is 28.5 Å². The van der Waals surface area contributed by atoms with E-state index >= 15 is 0 Å². The Balaban J connectivity index is 1.68. The molecule has 0 aliphatic rings. The SMILES string of the molecule is CCN(C(=O)COC(=O)c1n[nH]c2ccccc12)c1ccc(F)cc1. The highest BCUT2D eigenvalue weighted by molar-refractivity contribution is 6.03. The zero-order valence-electron chi connectivity index (χ0n) is 13.5. The van der Waals surface area contributed by atoms with Crippen molar-refractivity contribution in [1.29, 1.82) is 0 Å². The largest absolute Gasteiger partial charge is 0.451 e. The average molecular weight is 341 g/mol. The Morgan fingerprint density at radius 1 is 1.16 bits per heavy atom. The highest BCUT2D eigenvalue weighted by Gasteiger charge is 2.19. The molecule has 6 nitrogen and oxygen atoms in total. The van der Waals surface area contributed by atoms with Gasteiger partial charge in [0.05, 0.1) is 5.52 Å². The number of amides is 1. The number of hydrogen-bond donors (Lipinski definition) is 1. The minimum atomic E-state index is -0.680. The number of esters is 1. The Morgan fingerprint density at radius 2 is 1.88 bits per heavy atom. The Bertz CT molecular complexity index is 905. The molecule has 7 heteroatoms.